The van der Waals surface area contributed by atoms with E-state index in [9.17, 15) is 4.21 Å². The summed E-state index contributed by atoms with van der Waals surface area (Å²) in [4.78, 5) is 0. The lowest BCUT2D eigenvalue weighted by Crippen LogP contribution is -2.25. The molecule has 0 aromatic heterocycles. The van der Waals surface area contributed by atoms with Gasteiger partial charge in [-0.3, -0.25) is 4.72 Å². The lowest BCUT2D eigenvalue weighted by atomic mass is 10.1. The molecule has 1 heterocycles. The summed E-state index contributed by atoms with van der Waals surface area (Å²) in [5.41, 5.74) is 7.85. The third kappa shape index (κ3) is 2.00. The first-order valence-corrected chi connectivity index (χ1v) is 5.84. The summed E-state index contributed by atoms with van der Waals surface area (Å²) >= 11 is -1.51. The van der Waals surface area contributed by atoms with Gasteiger partial charge in [-0.1, -0.05) is 6.07 Å². The molecular weight excluding hydrogens is 228 g/mol. The molecular formula is C9H12N4O2S. The van der Waals surface area contributed by atoms with E-state index in [4.69, 9.17) is 10.8 Å². The van der Waals surface area contributed by atoms with E-state index in [1.807, 2.05) is 6.07 Å². The molecule has 1 atom stereocenters. The number of nitrogens with zero attached hydrogens (tertiary/aromatic N) is 1. The van der Waals surface area contributed by atoms with E-state index >= 15 is 0 Å². The van der Waals surface area contributed by atoms with E-state index in [0.29, 0.717) is 17.8 Å². The Morgan fingerprint density at radius 1 is 1.56 bits per heavy atom. The fraction of sp³-hybridized carbons (Fsp3) is 0.222. The third-order valence-electron chi connectivity index (χ3n) is 2.13. The van der Waals surface area contributed by atoms with Gasteiger partial charge < -0.3 is 16.2 Å². The van der Waals surface area contributed by atoms with Crippen molar-refractivity contribution in [3.05, 3.63) is 23.8 Å². The Labute approximate surface area is 95.3 Å². The van der Waals surface area contributed by atoms with Crippen molar-refractivity contribution in [3.8, 4) is 0 Å². The predicted molar refractivity (Wildman–Crippen MR) is 64.5 cm³/mol. The first kappa shape index (κ1) is 10.9. The molecule has 86 valence electrons. The number of fused-ring (bicyclic) bond motifs is 1. The zero-order valence-electron chi connectivity index (χ0n) is 8.43. The van der Waals surface area contributed by atoms with Gasteiger partial charge in [-0.15, -0.1) is 0 Å². The summed E-state index contributed by atoms with van der Waals surface area (Å²) in [5.74, 6) is 0.230. The average Bonchev–Trinajstić information content (AvgIpc) is 2.25. The molecule has 1 unspecified atom stereocenters. The van der Waals surface area contributed by atoms with Gasteiger partial charge in [0, 0.05) is 12.2 Å². The average molecular weight is 240 g/mol. The van der Waals surface area contributed by atoms with Crippen molar-refractivity contribution >= 4 is 28.4 Å². The lowest BCUT2D eigenvalue weighted by molar-refractivity contribution is 0.311. The van der Waals surface area contributed by atoms with Crippen molar-refractivity contribution in [2.75, 3.05) is 23.2 Å². The van der Waals surface area contributed by atoms with E-state index in [1.54, 1.807) is 12.1 Å². The van der Waals surface area contributed by atoms with Crippen molar-refractivity contribution in [1.29, 1.82) is 0 Å². The molecule has 7 heteroatoms. The van der Waals surface area contributed by atoms with Gasteiger partial charge in [-0.25, -0.2) is 4.21 Å². The summed E-state index contributed by atoms with van der Waals surface area (Å²) < 4.78 is 17.7. The molecule has 5 N–H and O–H groups in total. The summed E-state index contributed by atoms with van der Waals surface area (Å²) in [6, 6.07) is 5.41. The fourth-order valence-electron chi connectivity index (χ4n) is 1.50. The van der Waals surface area contributed by atoms with Crippen molar-refractivity contribution in [3.63, 3.8) is 0 Å². The fourth-order valence-corrected chi connectivity index (χ4v) is 2.18. The highest BCUT2D eigenvalue weighted by molar-refractivity contribution is 7.85. The Morgan fingerprint density at radius 2 is 2.38 bits per heavy atom. The molecule has 0 saturated heterocycles. The van der Waals surface area contributed by atoms with Crippen LogP contribution in [0.5, 0.6) is 0 Å². The minimum Gasteiger partial charge on any atom is -0.395 e. The molecule has 0 amide bonds. The predicted octanol–water partition coefficient (Wildman–Crippen LogP) is -0.200. The topological polar surface area (TPSA) is 99.7 Å². The van der Waals surface area contributed by atoms with Crippen molar-refractivity contribution < 1.29 is 9.32 Å². The molecule has 2 rings (SSSR count). The third-order valence-corrected chi connectivity index (χ3v) is 2.88. The quantitative estimate of drug-likeness (QED) is 0.588. The van der Waals surface area contributed by atoms with Gasteiger partial charge in [0.05, 0.1) is 17.9 Å². The van der Waals surface area contributed by atoms with Crippen LogP contribution >= 0.6 is 0 Å². The van der Waals surface area contributed by atoms with Gasteiger partial charge in [0.25, 0.3) is 0 Å². The molecule has 0 spiro atoms. The Kier molecular flexibility index (Phi) is 3.07. The van der Waals surface area contributed by atoms with Gasteiger partial charge in [0.15, 0.2) is 0 Å². The number of rotatable bonds is 3. The van der Waals surface area contributed by atoms with Gasteiger partial charge in [0.1, 0.15) is 5.84 Å². The number of hydrogen-bond donors (Lipinski definition) is 4. The van der Waals surface area contributed by atoms with Crippen LogP contribution in [0.4, 0.5) is 11.4 Å². The highest BCUT2D eigenvalue weighted by Gasteiger charge is 2.18. The number of benzene rings is 1. The van der Waals surface area contributed by atoms with Crippen LogP contribution < -0.4 is 15.8 Å². The van der Waals surface area contributed by atoms with Crippen LogP contribution in [-0.4, -0.2) is 28.3 Å². The van der Waals surface area contributed by atoms with Crippen molar-refractivity contribution in [1.82, 2.24) is 0 Å². The van der Waals surface area contributed by atoms with E-state index in [-0.39, 0.29) is 12.4 Å². The second kappa shape index (κ2) is 4.50. The van der Waals surface area contributed by atoms with Crippen LogP contribution in [0, 0.1) is 0 Å². The van der Waals surface area contributed by atoms with Crippen LogP contribution in [0.3, 0.4) is 0 Å². The zero-order valence-corrected chi connectivity index (χ0v) is 9.25. The van der Waals surface area contributed by atoms with Gasteiger partial charge in [-0.05, 0) is 12.1 Å². The van der Waals surface area contributed by atoms with E-state index in [2.05, 4.69) is 14.4 Å². The molecule has 0 fully saturated rings. The SMILES string of the molecule is NC1=NS(=O)Nc2cccc(NCCO)c21. The van der Waals surface area contributed by atoms with E-state index in [1.165, 1.54) is 0 Å². The Bertz CT molecular complexity index is 461. The number of aliphatic hydroxyl groups excluding tert-OH is 1. The molecule has 1 aromatic rings. The summed E-state index contributed by atoms with van der Waals surface area (Å²) in [7, 11) is 0. The first-order valence-electron chi connectivity index (χ1n) is 4.73. The van der Waals surface area contributed by atoms with Crippen LogP contribution in [0.25, 0.3) is 0 Å². The Hall–Kier alpha value is -1.60. The summed E-state index contributed by atoms with van der Waals surface area (Å²) in [6.45, 7) is 0.451. The number of amidine groups is 1. The molecule has 0 saturated carbocycles. The smallest absolute Gasteiger partial charge is 0.245 e. The number of aliphatic hydroxyl groups is 1. The highest BCUT2D eigenvalue weighted by Crippen LogP contribution is 2.27. The van der Waals surface area contributed by atoms with Crippen LogP contribution in [0.2, 0.25) is 0 Å². The van der Waals surface area contributed by atoms with E-state index < -0.39 is 11.2 Å². The minimum absolute atomic E-state index is 0.0279. The molecule has 1 aliphatic rings. The maximum atomic E-state index is 11.2. The maximum absolute atomic E-state index is 11.2. The van der Waals surface area contributed by atoms with Gasteiger partial charge >= 0.3 is 0 Å². The molecule has 0 bridgehead atoms. The van der Waals surface area contributed by atoms with Crippen LogP contribution in [-0.2, 0) is 11.2 Å². The van der Waals surface area contributed by atoms with E-state index in [0.717, 1.165) is 5.69 Å². The van der Waals surface area contributed by atoms with Crippen molar-refractivity contribution in [2.24, 2.45) is 10.1 Å². The molecule has 1 aliphatic heterocycles. The number of hydrogen-bond acceptors (Lipinski definition) is 4. The second-order valence-corrected chi connectivity index (χ2v) is 4.09. The van der Waals surface area contributed by atoms with Crippen LogP contribution in [0.15, 0.2) is 22.6 Å². The lowest BCUT2D eigenvalue weighted by Gasteiger charge is -2.18. The van der Waals surface area contributed by atoms with Gasteiger partial charge in [0.2, 0.25) is 11.2 Å². The standard InChI is InChI=1S/C9H12N4O2S/c10-9-8-6(11-4-5-14)2-1-3-7(8)12-16(15)13-9/h1-3,11-12,14H,4-5H2,(H2,10,13). The van der Waals surface area contributed by atoms with Crippen LogP contribution in [0.1, 0.15) is 5.56 Å². The zero-order chi connectivity index (χ0) is 11.5. The maximum Gasteiger partial charge on any atom is 0.245 e. The number of nitrogens with two attached hydrogens (primary N) is 1. The monoisotopic (exact) mass is 240 g/mol. The molecule has 0 aliphatic carbocycles. The second-order valence-electron chi connectivity index (χ2n) is 3.21. The van der Waals surface area contributed by atoms with Gasteiger partial charge in [-0.2, -0.15) is 4.40 Å². The number of nitrogens with one attached hydrogen (secondary N) is 2. The summed E-state index contributed by atoms with van der Waals surface area (Å²) in [6.07, 6.45) is 0. The molecule has 0 radical (unpaired) electrons. The summed E-state index contributed by atoms with van der Waals surface area (Å²) in [5, 5.41) is 11.8. The number of anilines is 2. The first-order chi connectivity index (χ1) is 7.72. The van der Waals surface area contributed by atoms with Crippen molar-refractivity contribution in [2.45, 2.75) is 0 Å². The molecule has 6 nitrogen and oxygen atoms in total. The Balaban J connectivity index is 2.41. The normalized spacial score (nSPS) is 18.3. The Morgan fingerprint density at radius 3 is 3.12 bits per heavy atom. The molecule has 16 heavy (non-hydrogen) atoms. The molecule has 1 aromatic carbocycles. The minimum atomic E-state index is -1.51. The highest BCUT2D eigenvalue weighted by atomic mass is 32.2. The largest absolute Gasteiger partial charge is 0.395 e.